The number of hydrogen-bond donors (Lipinski definition) is 1. The summed E-state index contributed by atoms with van der Waals surface area (Å²) in [6, 6.07) is 15.2. The van der Waals surface area contributed by atoms with Gasteiger partial charge >= 0.3 is 0 Å². The molecule has 1 N–H and O–H groups in total. The molecule has 124 valence electrons. The summed E-state index contributed by atoms with van der Waals surface area (Å²) in [6.07, 6.45) is 4.62. The average molecular weight is 341 g/mol. The Hall–Kier alpha value is -2.47. The lowest BCUT2D eigenvalue weighted by molar-refractivity contribution is 0.602. The normalized spacial score (nSPS) is 11.5. The zero-order valence-electron chi connectivity index (χ0n) is 13.4. The summed E-state index contributed by atoms with van der Waals surface area (Å²) >= 11 is 0. The van der Waals surface area contributed by atoms with E-state index in [1.807, 2.05) is 18.2 Å². The van der Waals surface area contributed by atoms with Crippen LogP contribution in [0.5, 0.6) is 0 Å². The average Bonchev–Trinajstić information content (AvgIpc) is 2.58. The maximum atomic E-state index is 11.7. The Kier molecular flexibility index (Phi) is 4.76. The van der Waals surface area contributed by atoms with Crippen molar-refractivity contribution in [3.63, 3.8) is 0 Å². The standard InChI is InChI=1S/C18H19N3O2S/c1-24(22,23)15-9-10-17-16(12-15)18(21-13-20-17)19-11-5-8-14-6-3-2-4-7-14/h2-4,6-7,9-10,12-13H,5,8,11H2,1H3,(H,19,20,21). The Morgan fingerprint density at radius 2 is 1.83 bits per heavy atom. The van der Waals surface area contributed by atoms with Gasteiger partial charge in [-0.05, 0) is 36.6 Å². The number of rotatable bonds is 6. The molecule has 1 aromatic heterocycles. The maximum absolute atomic E-state index is 11.7. The van der Waals surface area contributed by atoms with Gasteiger partial charge in [0.1, 0.15) is 12.1 Å². The van der Waals surface area contributed by atoms with Gasteiger partial charge in [-0.2, -0.15) is 0 Å². The van der Waals surface area contributed by atoms with Crippen molar-refractivity contribution in [2.45, 2.75) is 17.7 Å². The zero-order valence-corrected chi connectivity index (χ0v) is 14.3. The van der Waals surface area contributed by atoms with Gasteiger partial charge in [0.05, 0.1) is 10.4 Å². The first-order chi connectivity index (χ1) is 11.5. The fraction of sp³-hybridized carbons (Fsp3) is 0.222. The monoisotopic (exact) mass is 341 g/mol. The fourth-order valence-electron chi connectivity index (χ4n) is 2.55. The van der Waals surface area contributed by atoms with Crippen molar-refractivity contribution in [2.75, 3.05) is 18.1 Å². The molecule has 24 heavy (non-hydrogen) atoms. The predicted molar refractivity (Wildman–Crippen MR) is 95.9 cm³/mol. The molecule has 6 heteroatoms. The van der Waals surface area contributed by atoms with Crippen LogP contribution in [0.1, 0.15) is 12.0 Å². The van der Waals surface area contributed by atoms with E-state index in [1.165, 1.54) is 18.1 Å². The minimum atomic E-state index is -3.26. The molecule has 1 heterocycles. The Labute approximate surface area is 141 Å². The lowest BCUT2D eigenvalue weighted by Gasteiger charge is -2.09. The molecule has 0 saturated heterocycles. The molecule has 0 radical (unpaired) electrons. The van der Waals surface area contributed by atoms with Gasteiger partial charge in [-0.25, -0.2) is 18.4 Å². The van der Waals surface area contributed by atoms with E-state index >= 15 is 0 Å². The molecule has 3 aromatic rings. The van der Waals surface area contributed by atoms with Crippen molar-refractivity contribution in [1.82, 2.24) is 9.97 Å². The number of nitrogens with zero attached hydrogens (tertiary/aromatic N) is 2. The van der Waals surface area contributed by atoms with E-state index in [2.05, 4.69) is 27.4 Å². The zero-order chi connectivity index (χ0) is 17.0. The molecule has 0 fully saturated rings. The van der Waals surface area contributed by atoms with E-state index in [4.69, 9.17) is 0 Å². The van der Waals surface area contributed by atoms with Crippen LogP contribution in [-0.4, -0.2) is 31.2 Å². The molecular weight excluding hydrogens is 322 g/mol. The molecule has 3 rings (SSSR count). The summed E-state index contributed by atoms with van der Waals surface area (Å²) in [5.41, 5.74) is 2.02. The van der Waals surface area contributed by atoms with Crippen LogP contribution < -0.4 is 5.32 Å². The van der Waals surface area contributed by atoms with Crippen molar-refractivity contribution in [3.8, 4) is 0 Å². The van der Waals surface area contributed by atoms with Gasteiger partial charge in [-0.15, -0.1) is 0 Å². The number of sulfone groups is 1. The van der Waals surface area contributed by atoms with Crippen LogP contribution in [0.3, 0.4) is 0 Å². The van der Waals surface area contributed by atoms with Gasteiger partial charge in [-0.3, -0.25) is 0 Å². The Bertz CT molecular complexity index is 941. The highest BCUT2D eigenvalue weighted by molar-refractivity contribution is 7.90. The lowest BCUT2D eigenvalue weighted by Crippen LogP contribution is -2.06. The van der Waals surface area contributed by atoms with Crippen LogP contribution in [0, 0.1) is 0 Å². The van der Waals surface area contributed by atoms with Gasteiger partial charge in [0.15, 0.2) is 9.84 Å². The van der Waals surface area contributed by atoms with Crippen molar-refractivity contribution in [3.05, 3.63) is 60.4 Å². The third-order valence-corrected chi connectivity index (χ3v) is 4.92. The van der Waals surface area contributed by atoms with Crippen LogP contribution >= 0.6 is 0 Å². The van der Waals surface area contributed by atoms with E-state index in [9.17, 15) is 8.42 Å². The molecule has 0 spiro atoms. The minimum absolute atomic E-state index is 0.275. The first-order valence-electron chi connectivity index (χ1n) is 7.77. The Balaban J connectivity index is 1.74. The van der Waals surface area contributed by atoms with E-state index in [0.29, 0.717) is 5.82 Å². The highest BCUT2D eigenvalue weighted by Crippen LogP contribution is 2.23. The van der Waals surface area contributed by atoms with E-state index in [-0.39, 0.29) is 4.90 Å². The number of fused-ring (bicyclic) bond motifs is 1. The summed E-state index contributed by atoms with van der Waals surface area (Å²) in [5, 5.41) is 4.01. The van der Waals surface area contributed by atoms with E-state index in [1.54, 1.807) is 18.2 Å². The van der Waals surface area contributed by atoms with Gasteiger partial charge in [0, 0.05) is 18.2 Å². The first-order valence-corrected chi connectivity index (χ1v) is 9.66. The number of benzene rings is 2. The smallest absolute Gasteiger partial charge is 0.175 e. The van der Waals surface area contributed by atoms with Crippen LogP contribution in [0.4, 0.5) is 5.82 Å². The second-order valence-corrected chi connectivity index (χ2v) is 7.71. The van der Waals surface area contributed by atoms with Gasteiger partial charge in [0.25, 0.3) is 0 Å². The van der Waals surface area contributed by atoms with Crippen molar-refractivity contribution in [2.24, 2.45) is 0 Å². The molecule has 2 aromatic carbocycles. The summed E-state index contributed by atoms with van der Waals surface area (Å²) in [4.78, 5) is 8.73. The molecule has 0 unspecified atom stereocenters. The third-order valence-electron chi connectivity index (χ3n) is 3.81. The quantitative estimate of drug-likeness (QED) is 0.698. The van der Waals surface area contributed by atoms with E-state index < -0.39 is 9.84 Å². The SMILES string of the molecule is CS(=O)(=O)c1ccc2ncnc(NCCCc3ccccc3)c2c1. The number of nitrogens with one attached hydrogen (secondary N) is 1. The highest BCUT2D eigenvalue weighted by Gasteiger charge is 2.10. The van der Waals surface area contributed by atoms with Crippen LogP contribution in [0.25, 0.3) is 10.9 Å². The fourth-order valence-corrected chi connectivity index (χ4v) is 3.20. The summed E-state index contributed by atoms with van der Waals surface area (Å²) in [6.45, 7) is 0.754. The van der Waals surface area contributed by atoms with Gasteiger partial charge in [-0.1, -0.05) is 30.3 Å². The lowest BCUT2D eigenvalue weighted by atomic mass is 10.1. The molecule has 0 bridgehead atoms. The van der Waals surface area contributed by atoms with E-state index in [0.717, 1.165) is 30.3 Å². The second kappa shape index (κ2) is 6.97. The molecule has 0 aliphatic rings. The number of aryl methyl sites for hydroxylation is 1. The summed E-state index contributed by atoms with van der Waals surface area (Å²) < 4.78 is 23.5. The minimum Gasteiger partial charge on any atom is -0.369 e. The van der Waals surface area contributed by atoms with Crippen LogP contribution in [0.2, 0.25) is 0 Å². The Morgan fingerprint density at radius 1 is 1.04 bits per heavy atom. The van der Waals surface area contributed by atoms with Gasteiger partial charge in [0.2, 0.25) is 0 Å². The summed E-state index contributed by atoms with van der Waals surface area (Å²) in [7, 11) is -3.26. The van der Waals surface area contributed by atoms with Crippen molar-refractivity contribution < 1.29 is 8.42 Å². The highest BCUT2D eigenvalue weighted by atomic mass is 32.2. The molecule has 5 nitrogen and oxygen atoms in total. The van der Waals surface area contributed by atoms with Crippen molar-refractivity contribution >= 4 is 26.6 Å². The third kappa shape index (κ3) is 3.89. The maximum Gasteiger partial charge on any atom is 0.175 e. The number of anilines is 1. The van der Waals surface area contributed by atoms with Crippen molar-refractivity contribution in [1.29, 1.82) is 0 Å². The summed E-state index contributed by atoms with van der Waals surface area (Å²) in [5.74, 6) is 0.665. The van der Waals surface area contributed by atoms with Crippen LogP contribution in [0.15, 0.2) is 59.8 Å². The predicted octanol–water partition coefficient (Wildman–Crippen LogP) is 3.08. The first kappa shape index (κ1) is 16.4. The molecule has 0 aliphatic carbocycles. The Morgan fingerprint density at radius 3 is 2.58 bits per heavy atom. The molecular formula is C18H19N3O2S. The number of hydrogen-bond acceptors (Lipinski definition) is 5. The molecule has 0 amide bonds. The van der Waals surface area contributed by atoms with Gasteiger partial charge < -0.3 is 5.32 Å². The molecule has 0 atom stereocenters. The number of aromatic nitrogens is 2. The molecule has 0 saturated carbocycles. The topological polar surface area (TPSA) is 72.0 Å². The van der Waals surface area contributed by atoms with Crippen LogP contribution in [-0.2, 0) is 16.3 Å². The largest absolute Gasteiger partial charge is 0.369 e. The second-order valence-electron chi connectivity index (χ2n) is 5.69. The molecule has 0 aliphatic heterocycles.